The largest absolute Gasteiger partial charge is 0.586 e. The summed E-state index contributed by atoms with van der Waals surface area (Å²) in [5.74, 6) is -0.401. The Labute approximate surface area is 153 Å². The lowest BCUT2D eigenvalue weighted by Crippen LogP contribution is -2.25. The Bertz CT molecular complexity index is 899. The highest BCUT2D eigenvalue weighted by atomic mass is 19.3. The fraction of sp³-hybridized carbons (Fsp3) is 0.263. The van der Waals surface area contributed by atoms with Crippen molar-refractivity contribution >= 4 is 23.2 Å². The van der Waals surface area contributed by atoms with Gasteiger partial charge < -0.3 is 19.7 Å². The summed E-state index contributed by atoms with van der Waals surface area (Å²) >= 11 is 0. The van der Waals surface area contributed by atoms with Crippen LogP contribution in [-0.2, 0) is 16.0 Å². The van der Waals surface area contributed by atoms with E-state index >= 15 is 0 Å². The number of fused-ring (bicyclic) bond motifs is 1. The van der Waals surface area contributed by atoms with E-state index in [9.17, 15) is 18.4 Å². The van der Waals surface area contributed by atoms with Gasteiger partial charge in [0, 0.05) is 30.4 Å². The standard InChI is InChI=1S/C19H16F2N2O4/c20-19(21)26-15-8-5-13(11-16(15)27-19)22-17(24)10-12-3-6-14(7-4-12)23-9-1-2-18(23)25/h3-8,11H,1-2,9-10H2,(H,22,24). The van der Waals surface area contributed by atoms with Gasteiger partial charge in [0.15, 0.2) is 11.5 Å². The number of benzene rings is 2. The molecule has 6 nitrogen and oxygen atoms in total. The highest BCUT2D eigenvalue weighted by Crippen LogP contribution is 2.42. The van der Waals surface area contributed by atoms with Crippen LogP contribution in [0.3, 0.4) is 0 Å². The molecule has 0 saturated carbocycles. The SMILES string of the molecule is O=C(Cc1ccc(N2CCCC2=O)cc1)Nc1ccc2c(c1)OC(F)(F)O2. The van der Waals surface area contributed by atoms with Crippen molar-refractivity contribution in [2.24, 2.45) is 0 Å². The van der Waals surface area contributed by atoms with Crippen molar-refractivity contribution in [1.82, 2.24) is 0 Å². The second kappa shape index (κ2) is 6.53. The number of ether oxygens (including phenoxy) is 2. The van der Waals surface area contributed by atoms with Crippen LogP contribution in [0.2, 0.25) is 0 Å². The zero-order chi connectivity index (χ0) is 19.0. The van der Waals surface area contributed by atoms with Crippen molar-refractivity contribution in [3.05, 3.63) is 48.0 Å². The molecule has 140 valence electrons. The predicted octanol–water partition coefficient (Wildman–Crippen LogP) is 3.32. The van der Waals surface area contributed by atoms with Gasteiger partial charge in [0.25, 0.3) is 0 Å². The zero-order valence-corrected chi connectivity index (χ0v) is 14.2. The number of nitrogens with zero attached hydrogens (tertiary/aromatic N) is 1. The van der Waals surface area contributed by atoms with Gasteiger partial charge in [-0.25, -0.2) is 0 Å². The third kappa shape index (κ3) is 3.69. The molecular weight excluding hydrogens is 358 g/mol. The summed E-state index contributed by atoms with van der Waals surface area (Å²) in [7, 11) is 0. The molecule has 2 heterocycles. The number of amides is 2. The van der Waals surface area contributed by atoms with Crippen molar-refractivity contribution in [3.8, 4) is 11.5 Å². The van der Waals surface area contributed by atoms with Crippen molar-refractivity contribution in [3.63, 3.8) is 0 Å². The maximum Gasteiger partial charge on any atom is 0.586 e. The summed E-state index contributed by atoms with van der Waals surface area (Å²) in [6.45, 7) is 0.710. The molecule has 0 spiro atoms. The van der Waals surface area contributed by atoms with Gasteiger partial charge in [0.05, 0.1) is 6.42 Å². The molecule has 0 atom stereocenters. The Morgan fingerprint density at radius 1 is 1.11 bits per heavy atom. The van der Waals surface area contributed by atoms with E-state index in [0.717, 1.165) is 17.7 Å². The predicted molar refractivity (Wildman–Crippen MR) is 93.0 cm³/mol. The van der Waals surface area contributed by atoms with Crippen LogP contribution in [0, 0.1) is 0 Å². The number of anilines is 2. The Balaban J connectivity index is 1.38. The van der Waals surface area contributed by atoms with Crippen LogP contribution in [0.4, 0.5) is 20.2 Å². The number of carbonyl (C=O) groups excluding carboxylic acids is 2. The van der Waals surface area contributed by atoms with Gasteiger partial charge in [0.1, 0.15) is 0 Å². The number of nitrogens with one attached hydrogen (secondary N) is 1. The maximum atomic E-state index is 13.0. The second-order valence-corrected chi connectivity index (χ2v) is 6.37. The lowest BCUT2D eigenvalue weighted by Gasteiger charge is -2.15. The Hall–Kier alpha value is -3.16. The van der Waals surface area contributed by atoms with Gasteiger partial charge in [-0.1, -0.05) is 12.1 Å². The van der Waals surface area contributed by atoms with Gasteiger partial charge in [0.2, 0.25) is 11.8 Å². The summed E-state index contributed by atoms with van der Waals surface area (Å²) in [6.07, 6.45) is -2.17. The van der Waals surface area contributed by atoms with Crippen LogP contribution in [-0.4, -0.2) is 24.7 Å². The topological polar surface area (TPSA) is 67.9 Å². The molecule has 8 heteroatoms. The molecular formula is C19H16F2N2O4. The number of carbonyl (C=O) groups is 2. The molecule has 2 amide bonds. The molecule has 4 rings (SSSR count). The molecule has 0 bridgehead atoms. The molecule has 1 fully saturated rings. The van der Waals surface area contributed by atoms with E-state index in [4.69, 9.17) is 0 Å². The van der Waals surface area contributed by atoms with Crippen molar-refractivity contribution in [2.45, 2.75) is 25.6 Å². The number of hydrogen-bond acceptors (Lipinski definition) is 4. The highest BCUT2D eigenvalue weighted by Gasteiger charge is 2.43. The third-order valence-corrected chi connectivity index (χ3v) is 4.37. The number of hydrogen-bond donors (Lipinski definition) is 1. The van der Waals surface area contributed by atoms with Crippen LogP contribution in [0.25, 0.3) is 0 Å². The smallest absolute Gasteiger partial charge is 0.395 e. The zero-order valence-electron chi connectivity index (χ0n) is 14.2. The quantitative estimate of drug-likeness (QED) is 0.892. The fourth-order valence-electron chi connectivity index (χ4n) is 3.13. The number of alkyl halides is 2. The summed E-state index contributed by atoms with van der Waals surface area (Å²) in [4.78, 5) is 25.7. The summed E-state index contributed by atoms with van der Waals surface area (Å²) < 4.78 is 34.7. The summed E-state index contributed by atoms with van der Waals surface area (Å²) in [5, 5.41) is 2.64. The van der Waals surface area contributed by atoms with Gasteiger partial charge in [-0.3, -0.25) is 9.59 Å². The van der Waals surface area contributed by atoms with E-state index in [-0.39, 0.29) is 29.7 Å². The molecule has 0 unspecified atom stereocenters. The third-order valence-electron chi connectivity index (χ3n) is 4.37. The molecule has 2 aromatic rings. The molecule has 2 aromatic carbocycles. The first-order chi connectivity index (χ1) is 12.9. The van der Waals surface area contributed by atoms with Crippen LogP contribution < -0.4 is 19.7 Å². The lowest BCUT2D eigenvalue weighted by molar-refractivity contribution is -0.286. The van der Waals surface area contributed by atoms with Gasteiger partial charge >= 0.3 is 6.29 Å². The van der Waals surface area contributed by atoms with Crippen LogP contribution in [0.15, 0.2) is 42.5 Å². The van der Waals surface area contributed by atoms with E-state index in [1.807, 2.05) is 12.1 Å². The van der Waals surface area contributed by atoms with Crippen molar-refractivity contribution < 1.29 is 27.8 Å². The van der Waals surface area contributed by atoms with E-state index < -0.39 is 6.29 Å². The molecule has 2 aliphatic rings. The first-order valence-electron chi connectivity index (χ1n) is 8.49. The first kappa shape index (κ1) is 17.3. The minimum atomic E-state index is -3.69. The van der Waals surface area contributed by atoms with Gasteiger partial charge in [-0.05, 0) is 36.2 Å². The highest BCUT2D eigenvalue weighted by molar-refractivity contribution is 5.95. The summed E-state index contributed by atoms with van der Waals surface area (Å²) in [6, 6.07) is 11.3. The number of rotatable bonds is 4. The molecule has 0 radical (unpaired) electrons. The molecule has 2 aliphatic heterocycles. The molecule has 1 saturated heterocycles. The minimum Gasteiger partial charge on any atom is -0.395 e. The fourth-order valence-corrected chi connectivity index (χ4v) is 3.13. The summed E-state index contributed by atoms with van der Waals surface area (Å²) in [5.41, 5.74) is 1.92. The van der Waals surface area contributed by atoms with Gasteiger partial charge in [-0.15, -0.1) is 8.78 Å². The van der Waals surface area contributed by atoms with E-state index in [1.54, 1.807) is 17.0 Å². The maximum absolute atomic E-state index is 13.0. The lowest BCUT2D eigenvalue weighted by atomic mass is 10.1. The van der Waals surface area contributed by atoms with E-state index in [1.165, 1.54) is 18.2 Å². The van der Waals surface area contributed by atoms with E-state index in [0.29, 0.717) is 18.7 Å². The average molecular weight is 374 g/mol. The Morgan fingerprint density at radius 2 is 1.85 bits per heavy atom. The normalized spacial score (nSPS) is 17.3. The molecule has 1 N–H and O–H groups in total. The molecule has 0 aliphatic carbocycles. The average Bonchev–Trinajstić information content (AvgIpc) is 3.16. The molecule has 0 aromatic heterocycles. The van der Waals surface area contributed by atoms with Crippen LogP contribution in [0.1, 0.15) is 18.4 Å². The van der Waals surface area contributed by atoms with Crippen molar-refractivity contribution in [1.29, 1.82) is 0 Å². The van der Waals surface area contributed by atoms with Crippen LogP contribution >= 0.6 is 0 Å². The van der Waals surface area contributed by atoms with Crippen molar-refractivity contribution in [2.75, 3.05) is 16.8 Å². The Kier molecular flexibility index (Phi) is 4.18. The second-order valence-electron chi connectivity index (χ2n) is 6.37. The molecule has 27 heavy (non-hydrogen) atoms. The Morgan fingerprint density at radius 3 is 2.56 bits per heavy atom. The van der Waals surface area contributed by atoms with Gasteiger partial charge in [-0.2, -0.15) is 0 Å². The minimum absolute atomic E-state index is 0.0787. The van der Waals surface area contributed by atoms with E-state index in [2.05, 4.69) is 14.8 Å². The number of halogens is 2. The monoisotopic (exact) mass is 374 g/mol. The van der Waals surface area contributed by atoms with Crippen LogP contribution in [0.5, 0.6) is 11.5 Å². The first-order valence-corrected chi connectivity index (χ1v) is 8.49.